The van der Waals surface area contributed by atoms with E-state index in [0.29, 0.717) is 12.6 Å². The highest BCUT2D eigenvalue weighted by atomic mass is 16.5. The van der Waals surface area contributed by atoms with E-state index in [1.165, 1.54) is 25.9 Å². The number of ether oxygens (including phenoxy) is 1. The van der Waals surface area contributed by atoms with Gasteiger partial charge in [-0.2, -0.15) is 0 Å². The van der Waals surface area contributed by atoms with Crippen LogP contribution in [0, 0.1) is 0 Å². The van der Waals surface area contributed by atoms with Gasteiger partial charge in [-0.1, -0.05) is 0 Å². The lowest BCUT2D eigenvalue weighted by Gasteiger charge is -2.26. The molecule has 2 rings (SSSR count). The smallest absolute Gasteiger partial charge is 0.304 e. The molecule has 2 aliphatic rings. The largest absolute Gasteiger partial charge is 0.481 e. The lowest BCUT2D eigenvalue weighted by Crippen LogP contribution is -2.39. The lowest BCUT2D eigenvalue weighted by atomic mass is 10.2. The van der Waals surface area contributed by atoms with Gasteiger partial charge in [-0.25, -0.2) is 0 Å². The zero-order chi connectivity index (χ0) is 13.5. The summed E-state index contributed by atoms with van der Waals surface area (Å²) >= 11 is 0. The summed E-state index contributed by atoms with van der Waals surface area (Å²) in [5, 5.41) is 8.83. The van der Waals surface area contributed by atoms with E-state index in [0.717, 1.165) is 39.1 Å². The van der Waals surface area contributed by atoms with Gasteiger partial charge < -0.3 is 14.7 Å². The molecule has 0 aromatic rings. The topological polar surface area (TPSA) is 53.0 Å². The summed E-state index contributed by atoms with van der Waals surface area (Å²) in [5.74, 6) is -0.710. The first-order chi connectivity index (χ1) is 9.24. The molecule has 2 aliphatic heterocycles. The number of nitrogens with zero attached hydrogens (tertiary/aromatic N) is 2. The average Bonchev–Trinajstić information content (AvgIpc) is 3.05. The fraction of sp³-hybridized carbons (Fsp3) is 0.929. The van der Waals surface area contributed by atoms with Crippen LogP contribution in [-0.2, 0) is 9.53 Å². The number of carboxylic acids is 1. The van der Waals surface area contributed by atoms with Gasteiger partial charge in [0.1, 0.15) is 0 Å². The van der Waals surface area contributed by atoms with Gasteiger partial charge in [-0.05, 0) is 38.8 Å². The third kappa shape index (κ3) is 5.47. The van der Waals surface area contributed by atoms with Crippen LogP contribution in [0.3, 0.4) is 0 Å². The highest BCUT2D eigenvalue weighted by Gasteiger charge is 2.20. The normalized spacial score (nSPS) is 24.4. The van der Waals surface area contributed by atoms with Crippen LogP contribution < -0.4 is 0 Å². The fourth-order valence-electron chi connectivity index (χ4n) is 2.91. The minimum atomic E-state index is -0.710. The van der Waals surface area contributed by atoms with E-state index >= 15 is 0 Å². The van der Waals surface area contributed by atoms with Crippen molar-refractivity contribution in [2.24, 2.45) is 0 Å². The van der Waals surface area contributed by atoms with Crippen LogP contribution in [0.15, 0.2) is 0 Å². The molecule has 19 heavy (non-hydrogen) atoms. The van der Waals surface area contributed by atoms with Gasteiger partial charge in [0.15, 0.2) is 0 Å². The number of hydrogen-bond donors (Lipinski definition) is 1. The first-order valence-corrected chi connectivity index (χ1v) is 7.52. The molecule has 1 atom stereocenters. The Kier molecular flexibility index (Phi) is 6.07. The standard InChI is InChI=1S/C14H26N2O3/c17-14(18)5-8-16(12-13-4-3-11-19-13)10-9-15-6-1-2-7-15/h13H,1-12H2,(H,17,18). The Hall–Kier alpha value is -0.650. The Morgan fingerprint density at radius 3 is 2.68 bits per heavy atom. The second kappa shape index (κ2) is 7.82. The molecular weight excluding hydrogens is 244 g/mol. The summed E-state index contributed by atoms with van der Waals surface area (Å²) in [7, 11) is 0. The number of hydrogen-bond acceptors (Lipinski definition) is 4. The first kappa shape index (κ1) is 14.8. The van der Waals surface area contributed by atoms with Gasteiger partial charge in [0, 0.05) is 32.8 Å². The van der Waals surface area contributed by atoms with E-state index in [1.54, 1.807) is 0 Å². The number of likely N-dealkylation sites (tertiary alicyclic amines) is 1. The summed E-state index contributed by atoms with van der Waals surface area (Å²) in [6.45, 7) is 6.83. The predicted octanol–water partition coefficient (Wildman–Crippen LogP) is 1.04. The van der Waals surface area contributed by atoms with E-state index in [-0.39, 0.29) is 6.42 Å². The fourth-order valence-corrected chi connectivity index (χ4v) is 2.91. The molecule has 0 aliphatic carbocycles. The molecule has 110 valence electrons. The summed E-state index contributed by atoms with van der Waals surface area (Å²) in [6, 6.07) is 0. The van der Waals surface area contributed by atoms with Crippen LogP contribution in [0.2, 0.25) is 0 Å². The summed E-state index contributed by atoms with van der Waals surface area (Å²) in [5.41, 5.74) is 0. The van der Waals surface area contributed by atoms with Gasteiger partial charge in [0.2, 0.25) is 0 Å². The van der Waals surface area contributed by atoms with Crippen LogP contribution in [0.5, 0.6) is 0 Å². The second-order valence-corrected chi connectivity index (χ2v) is 5.63. The van der Waals surface area contributed by atoms with Crippen molar-refractivity contribution in [2.45, 2.75) is 38.2 Å². The first-order valence-electron chi connectivity index (χ1n) is 7.52. The maximum absolute atomic E-state index is 10.7. The van der Waals surface area contributed by atoms with Gasteiger partial charge in [-0.15, -0.1) is 0 Å². The van der Waals surface area contributed by atoms with Crippen molar-refractivity contribution in [3.63, 3.8) is 0 Å². The minimum Gasteiger partial charge on any atom is -0.481 e. The van der Waals surface area contributed by atoms with Crippen LogP contribution in [0.4, 0.5) is 0 Å². The summed E-state index contributed by atoms with van der Waals surface area (Å²) in [6.07, 6.45) is 5.41. The third-order valence-corrected chi connectivity index (χ3v) is 4.06. The maximum atomic E-state index is 10.7. The minimum absolute atomic E-state index is 0.229. The number of aliphatic carboxylic acids is 1. The Morgan fingerprint density at radius 1 is 1.26 bits per heavy atom. The molecule has 5 heteroatoms. The Balaban J connectivity index is 1.72. The molecule has 0 amide bonds. The highest BCUT2D eigenvalue weighted by molar-refractivity contribution is 5.66. The highest BCUT2D eigenvalue weighted by Crippen LogP contribution is 2.14. The van der Waals surface area contributed by atoms with Gasteiger partial charge in [0.05, 0.1) is 12.5 Å². The molecule has 5 nitrogen and oxygen atoms in total. The predicted molar refractivity (Wildman–Crippen MR) is 73.3 cm³/mol. The molecule has 0 bridgehead atoms. The molecule has 0 radical (unpaired) electrons. The number of rotatable bonds is 8. The molecule has 2 fully saturated rings. The van der Waals surface area contributed by atoms with Crippen molar-refractivity contribution < 1.29 is 14.6 Å². The van der Waals surface area contributed by atoms with Crippen molar-refractivity contribution in [1.82, 2.24) is 9.80 Å². The molecule has 0 spiro atoms. The molecule has 0 aromatic heterocycles. The third-order valence-electron chi connectivity index (χ3n) is 4.06. The lowest BCUT2D eigenvalue weighted by molar-refractivity contribution is -0.137. The van der Waals surface area contributed by atoms with Crippen LogP contribution in [-0.4, -0.2) is 72.9 Å². The molecule has 2 saturated heterocycles. The Labute approximate surface area is 115 Å². The maximum Gasteiger partial charge on any atom is 0.304 e. The zero-order valence-corrected chi connectivity index (χ0v) is 11.7. The monoisotopic (exact) mass is 270 g/mol. The van der Waals surface area contributed by atoms with Gasteiger partial charge in [-0.3, -0.25) is 9.69 Å². The van der Waals surface area contributed by atoms with Crippen molar-refractivity contribution in [2.75, 3.05) is 45.9 Å². The van der Waals surface area contributed by atoms with E-state index in [2.05, 4.69) is 9.80 Å². The SMILES string of the molecule is O=C(O)CCN(CCN1CCCC1)CC1CCCO1. The summed E-state index contributed by atoms with van der Waals surface area (Å²) in [4.78, 5) is 15.5. The van der Waals surface area contributed by atoms with Crippen molar-refractivity contribution in [3.05, 3.63) is 0 Å². The number of carboxylic acid groups (broad SMARTS) is 1. The van der Waals surface area contributed by atoms with Crippen molar-refractivity contribution in [3.8, 4) is 0 Å². The average molecular weight is 270 g/mol. The molecule has 1 unspecified atom stereocenters. The van der Waals surface area contributed by atoms with Crippen LogP contribution >= 0.6 is 0 Å². The van der Waals surface area contributed by atoms with E-state index in [1.807, 2.05) is 0 Å². The van der Waals surface area contributed by atoms with Crippen molar-refractivity contribution in [1.29, 1.82) is 0 Å². The van der Waals surface area contributed by atoms with E-state index in [4.69, 9.17) is 9.84 Å². The Bertz CT molecular complexity index is 274. The molecular formula is C14H26N2O3. The molecule has 2 heterocycles. The zero-order valence-electron chi connectivity index (χ0n) is 11.7. The van der Waals surface area contributed by atoms with Crippen molar-refractivity contribution >= 4 is 5.97 Å². The van der Waals surface area contributed by atoms with Crippen LogP contribution in [0.25, 0.3) is 0 Å². The van der Waals surface area contributed by atoms with Gasteiger partial charge in [0.25, 0.3) is 0 Å². The van der Waals surface area contributed by atoms with Gasteiger partial charge >= 0.3 is 5.97 Å². The van der Waals surface area contributed by atoms with Crippen LogP contribution in [0.1, 0.15) is 32.1 Å². The molecule has 0 saturated carbocycles. The molecule has 1 N–H and O–H groups in total. The second-order valence-electron chi connectivity index (χ2n) is 5.63. The van der Waals surface area contributed by atoms with E-state index < -0.39 is 5.97 Å². The van der Waals surface area contributed by atoms with E-state index in [9.17, 15) is 4.79 Å². The number of carbonyl (C=O) groups is 1. The quantitative estimate of drug-likeness (QED) is 0.714. The Morgan fingerprint density at radius 2 is 2.05 bits per heavy atom. The summed E-state index contributed by atoms with van der Waals surface area (Å²) < 4.78 is 5.66. The molecule has 0 aromatic carbocycles.